The number of hydrogen-bond acceptors (Lipinski definition) is 4. The first-order valence-corrected chi connectivity index (χ1v) is 9.70. The molecule has 0 bridgehead atoms. The molecule has 0 saturated carbocycles. The van der Waals surface area contributed by atoms with Gasteiger partial charge in [0.2, 0.25) is 10.0 Å². The molecule has 0 fully saturated rings. The number of aryl methyl sites for hydroxylation is 1. The number of nitrogens with one attached hydrogen (secondary N) is 1. The Morgan fingerprint density at radius 2 is 1.77 bits per heavy atom. The van der Waals surface area contributed by atoms with E-state index in [1.165, 1.54) is 11.7 Å². The zero-order valence-electron chi connectivity index (χ0n) is 14.6. The van der Waals surface area contributed by atoms with Crippen LogP contribution in [0.5, 0.6) is 0 Å². The van der Waals surface area contributed by atoms with Gasteiger partial charge in [-0.1, -0.05) is 42.0 Å². The summed E-state index contributed by atoms with van der Waals surface area (Å²) in [5, 5.41) is 5.26. The molecule has 2 aromatic carbocycles. The Kier molecular flexibility index (Phi) is 5.29. The molecule has 0 saturated heterocycles. The van der Waals surface area contributed by atoms with E-state index in [2.05, 4.69) is 14.8 Å². The van der Waals surface area contributed by atoms with Crippen LogP contribution < -0.4 is 4.72 Å². The summed E-state index contributed by atoms with van der Waals surface area (Å²) in [5.74, 6) is 0. The first-order chi connectivity index (χ1) is 12.4. The van der Waals surface area contributed by atoms with Crippen LogP contribution in [0, 0.1) is 6.92 Å². The van der Waals surface area contributed by atoms with E-state index >= 15 is 0 Å². The smallest absolute Gasteiger partial charge is 0.223 e. The Bertz CT molecular complexity index is 977. The van der Waals surface area contributed by atoms with E-state index < -0.39 is 10.0 Å². The fourth-order valence-corrected chi connectivity index (χ4v) is 3.50. The van der Waals surface area contributed by atoms with Gasteiger partial charge in [-0.25, -0.2) is 22.8 Å². The van der Waals surface area contributed by atoms with Gasteiger partial charge in [-0.05, 0) is 43.2 Å². The summed E-state index contributed by atoms with van der Waals surface area (Å²) in [6, 6.07) is 14.8. The monoisotopic (exact) mass is 368 g/mol. The van der Waals surface area contributed by atoms with Gasteiger partial charge in [-0.2, -0.15) is 5.10 Å². The number of aromatic nitrogens is 3. The zero-order valence-corrected chi connectivity index (χ0v) is 15.4. The van der Waals surface area contributed by atoms with Crippen molar-refractivity contribution in [2.24, 2.45) is 0 Å². The molecule has 1 atom stereocenters. The zero-order chi connectivity index (χ0) is 18.6. The molecule has 0 spiro atoms. The Balaban J connectivity index is 1.68. The van der Waals surface area contributed by atoms with E-state index in [-0.39, 0.29) is 6.04 Å². The summed E-state index contributed by atoms with van der Waals surface area (Å²) in [5.41, 5.74) is 3.69. The van der Waals surface area contributed by atoms with Gasteiger partial charge in [0.1, 0.15) is 12.7 Å². The number of nitrogens with zero attached hydrogens (tertiary/aromatic N) is 3. The number of benzene rings is 2. The van der Waals surface area contributed by atoms with E-state index in [0.717, 1.165) is 22.4 Å². The molecule has 0 radical (unpaired) electrons. The minimum absolute atomic E-state index is 0.354. The number of sulfonamides is 1. The lowest BCUT2D eigenvalue weighted by molar-refractivity contribution is 0.576. The molecule has 0 aliphatic heterocycles. The molecule has 7 heteroatoms. The quantitative estimate of drug-likeness (QED) is 0.725. The summed E-state index contributed by atoms with van der Waals surface area (Å²) in [6.07, 6.45) is 4.66. The van der Waals surface area contributed by atoms with Gasteiger partial charge < -0.3 is 0 Å². The maximum absolute atomic E-state index is 12.3. The average molecular weight is 368 g/mol. The van der Waals surface area contributed by atoms with E-state index in [0.29, 0.717) is 0 Å². The Morgan fingerprint density at radius 1 is 1.08 bits per heavy atom. The third-order valence-corrected chi connectivity index (χ3v) is 5.11. The average Bonchev–Trinajstić information content (AvgIpc) is 3.16. The highest BCUT2D eigenvalue weighted by Crippen LogP contribution is 2.16. The van der Waals surface area contributed by atoms with Crippen LogP contribution in [0.1, 0.15) is 29.7 Å². The fraction of sp³-hybridized carbons (Fsp3) is 0.158. The van der Waals surface area contributed by atoms with Crippen LogP contribution in [0.4, 0.5) is 0 Å². The summed E-state index contributed by atoms with van der Waals surface area (Å²) < 4.78 is 28.9. The summed E-state index contributed by atoms with van der Waals surface area (Å²) in [6.45, 7) is 3.80. The normalized spacial score (nSPS) is 13.2. The number of hydrogen-bond donors (Lipinski definition) is 1. The standard InChI is InChI=1S/C19H20N4O2S/c1-15-3-5-17(6-4-15)11-12-26(24,25)22-16(2)18-7-9-19(10-8-18)23-14-20-13-21-23/h3-14,16,22H,1-2H3/b12-11+/t16-/m0/s1. The molecule has 0 aliphatic rings. The fourth-order valence-electron chi connectivity index (χ4n) is 2.46. The van der Waals surface area contributed by atoms with Crippen molar-refractivity contribution in [3.05, 3.63) is 83.3 Å². The highest BCUT2D eigenvalue weighted by molar-refractivity contribution is 7.92. The second kappa shape index (κ2) is 7.63. The van der Waals surface area contributed by atoms with Crippen molar-refractivity contribution < 1.29 is 8.42 Å². The van der Waals surface area contributed by atoms with Gasteiger partial charge in [0.15, 0.2) is 0 Å². The second-order valence-electron chi connectivity index (χ2n) is 6.03. The molecule has 1 heterocycles. The third-order valence-electron chi connectivity index (χ3n) is 3.93. The van der Waals surface area contributed by atoms with Crippen LogP contribution in [-0.2, 0) is 10.0 Å². The number of rotatable bonds is 6. The molecule has 0 amide bonds. The second-order valence-corrected chi connectivity index (χ2v) is 7.63. The molecular weight excluding hydrogens is 348 g/mol. The van der Waals surface area contributed by atoms with Crippen molar-refractivity contribution in [3.8, 4) is 5.69 Å². The molecule has 26 heavy (non-hydrogen) atoms. The van der Waals surface area contributed by atoms with Crippen molar-refractivity contribution in [2.75, 3.05) is 0 Å². The van der Waals surface area contributed by atoms with Gasteiger partial charge in [-0.3, -0.25) is 0 Å². The predicted molar refractivity (Wildman–Crippen MR) is 102 cm³/mol. The molecular formula is C19H20N4O2S. The van der Waals surface area contributed by atoms with E-state index in [1.807, 2.05) is 62.4 Å². The van der Waals surface area contributed by atoms with Crippen molar-refractivity contribution in [2.45, 2.75) is 19.9 Å². The molecule has 1 N–H and O–H groups in total. The minimum Gasteiger partial charge on any atom is -0.223 e. The Morgan fingerprint density at radius 3 is 2.38 bits per heavy atom. The van der Waals surface area contributed by atoms with Gasteiger partial charge in [0, 0.05) is 11.4 Å². The molecule has 0 unspecified atom stereocenters. The van der Waals surface area contributed by atoms with Crippen molar-refractivity contribution >= 4 is 16.1 Å². The molecule has 134 valence electrons. The molecule has 0 aliphatic carbocycles. The Hall–Kier alpha value is -2.77. The van der Waals surface area contributed by atoms with Crippen LogP contribution in [0.25, 0.3) is 11.8 Å². The van der Waals surface area contributed by atoms with E-state index in [1.54, 1.807) is 17.1 Å². The van der Waals surface area contributed by atoms with Gasteiger partial charge in [0.05, 0.1) is 5.69 Å². The van der Waals surface area contributed by atoms with Crippen molar-refractivity contribution in [1.29, 1.82) is 0 Å². The topological polar surface area (TPSA) is 76.9 Å². The predicted octanol–water partition coefficient (Wildman–Crippen LogP) is 3.23. The lowest BCUT2D eigenvalue weighted by Crippen LogP contribution is -2.24. The SMILES string of the molecule is Cc1ccc(/C=C/S(=O)(=O)N[C@@H](C)c2ccc(-n3cncn3)cc2)cc1. The van der Waals surface area contributed by atoms with Crippen LogP contribution in [0.3, 0.4) is 0 Å². The largest absolute Gasteiger partial charge is 0.234 e. The highest BCUT2D eigenvalue weighted by atomic mass is 32.2. The van der Waals surface area contributed by atoms with E-state index in [9.17, 15) is 8.42 Å². The van der Waals surface area contributed by atoms with Gasteiger partial charge in [-0.15, -0.1) is 0 Å². The molecule has 3 rings (SSSR count). The lowest BCUT2D eigenvalue weighted by Gasteiger charge is -2.13. The van der Waals surface area contributed by atoms with Crippen LogP contribution in [0.2, 0.25) is 0 Å². The van der Waals surface area contributed by atoms with Crippen LogP contribution in [-0.4, -0.2) is 23.2 Å². The van der Waals surface area contributed by atoms with Crippen molar-refractivity contribution in [3.63, 3.8) is 0 Å². The highest BCUT2D eigenvalue weighted by Gasteiger charge is 2.13. The van der Waals surface area contributed by atoms with Crippen LogP contribution in [0.15, 0.2) is 66.6 Å². The van der Waals surface area contributed by atoms with Gasteiger partial charge >= 0.3 is 0 Å². The maximum atomic E-state index is 12.3. The maximum Gasteiger partial charge on any atom is 0.234 e. The summed E-state index contributed by atoms with van der Waals surface area (Å²) in [7, 11) is -3.55. The molecule has 1 aromatic heterocycles. The van der Waals surface area contributed by atoms with Gasteiger partial charge in [0.25, 0.3) is 0 Å². The molecule has 3 aromatic rings. The third kappa shape index (κ3) is 4.65. The molecule has 6 nitrogen and oxygen atoms in total. The first-order valence-electron chi connectivity index (χ1n) is 8.15. The Labute approximate surface area is 153 Å². The summed E-state index contributed by atoms with van der Waals surface area (Å²) in [4.78, 5) is 3.91. The minimum atomic E-state index is -3.55. The lowest BCUT2D eigenvalue weighted by atomic mass is 10.1. The van der Waals surface area contributed by atoms with Crippen LogP contribution >= 0.6 is 0 Å². The van der Waals surface area contributed by atoms with Crippen molar-refractivity contribution in [1.82, 2.24) is 19.5 Å². The summed E-state index contributed by atoms with van der Waals surface area (Å²) >= 11 is 0. The first kappa shape index (κ1) is 18.0. The van der Waals surface area contributed by atoms with E-state index in [4.69, 9.17) is 0 Å².